The Morgan fingerprint density at radius 3 is 2.40 bits per heavy atom. The third kappa shape index (κ3) is 4.32. The number of hydrogen-bond acceptors (Lipinski definition) is 5. The van der Waals surface area contributed by atoms with Crippen molar-refractivity contribution < 1.29 is 21.6 Å². The van der Waals surface area contributed by atoms with E-state index in [4.69, 9.17) is 23.2 Å². The maximum atomic E-state index is 12.9. The minimum absolute atomic E-state index is 0.0116. The van der Waals surface area contributed by atoms with E-state index in [-0.39, 0.29) is 21.8 Å². The number of sulfonamides is 1. The van der Waals surface area contributed by atoms with Crippen molar-refractivity contribution in [1.29, 1.82) is 0 Å². The van der Waals surface area contributed by atoms with Crippen LogP contribution in [0.2, 0.25) is 10.3 Å². The summed E-state index contributed by atoms with van der Waals surface area (Å²) in [6.07, 6.45) is -3.53. The summed E-state index contributed by atoms with van der Waals surface area (Å²) in [6, 6.07) is 2.26. The summed E-state index contributed by atoms with van der Waals surface area (Å²) in [5.74, 6) is -0.0448. The van der Waals surface area contributed by atoms with E-state index < -0.39 is 26.7 Å². The first kappa shape index (κ1) is 19.7. The Labute approximate surface area is 151 Å². The van der Waals surface area contributed by atoms with Crippen molar-refractivity contribution in [2.45, 2.75) is 11.1 Å². The lowest BCUT2D eigenvalue weighted by atomic mass is 10.2. The van der Waals surface area contributed by atoms with Crippen molar-refractivity contribution in [1.82, 2.24) is 14.3 Å². The van der Waals surface area contributed by atoms with Gasteiger partial charge in [-0.1, -0.05) is 11.6 Å². The van der Waals surface area contributed by atoms with E-state index in [9.17, 15) is 21.6 Å². The van der Waals surface area contributed by atoms with Crippen LogP contribution in [0.25, 0.3) is 0 Å². The summed E-state index contributed by atoms with van der Waals surface area (Å²) in [4.78, 5) is 6.84. The molecular weight excluding hydrogens is 404 g/mol. The zero-order chi connectivity index (χ0) is 19.0. The van der Waals surface area contributed by atoms with Gasteiger partial charge in [-0.25, -0.2) is 17.7 Å². The topological polar surface area (TPSA) is 75.2 Å². The van der Waals surface area contributed by atoms with Gasteiger partial charge in [-0.15, -0.1) is 0 Å². The fraction of sp³-hybridized carbons (Fsp3) is 0.231. The fourth-order valence-corrected chi connectivity index (χ4v) is 3.11. The van der Waals surface area contributed by atoms with Gasteiger partial charge in [0, 0.05) is 14.1 Å². The molecule has 0 aliphatic heterocycles. The number of halogens is 5. The molecule has 6 nitrogen and oxygen atoms in total. The number of nitrogens with one attached hydrogen (secondary N) is 1. The summed E-state index contributed by atoms with van der Waals surface area (Å²) in [5.41, 5.74) is -1.25. The predicted molar refractivity (Wildman–Crippen MR) is 87.7 cm³/mol. The van der Waals surface area contributed by atoms with Crippen molar-refractivity contribution in [2.75, 3.05) is 19.4 Å². The van der Waals surface area contributed by atoms with E-state index in [1.807, 2.05) is 0 Å². The first-order valence-corrected chi connectivity index (χ1v) is 8.71. The van der Waals surface area contributed by atoms with Gasteiger partial charge in [0.25, 0.3) is 0 Å². The molecule has 136 valence electrons. The molecule has 0 aliphatic rings. The lowest BCUT2D eigenvalue weighted by Crippen LogP contribution is -2.24. The van der Waals surface area contributed by atoms with Crippen LogP contribution in [0, 0.1) is 0 Å². The van der Waals surface area contributed by atoms with E-state index in [0.717, 1.165) is 16.4 Å². The van der Waals surface area contributed by atoms with Crippen LogP contribution in [0.1, 0.15) is 5.56 Å². The first-order valence-electron chi connectivity index (χ1n) is 6.52. The van der Waals surface area contributed by atoms with Crippen LogP contribution in [0.5, 0.6) is 0 Å². The van der Waals surface area contributed by atoms with Crippen LogP contribution in [0.4, 0.5) is 24.7 Å². The van der Waals surface area contributed by atoms with E-state index in [1.165, 1.54) is 20.3 Å². The summed E-state index contributed by atoms with van der Waals surface area (Å²) in [7, 11) is -1.78. The minimum atomic E-state index is -4.70. The molecule has 0 radical (unpaired) electrons. The van der Waals surface area contributed by atoms with Gasteiger partial charge in [-0.05, 0) is 29.8 Å². The number of alkyl halides is 3. The smallest absolute Gasteiger partial charge is 0.338 e. The van der Waals surface area contributed by atoms with Crippen LogP contribution in [0.15, 0.2) is 29.3 Å². The second-order valence-electron chi connectivity index (χ2n) is 4.96. The Morgan fingerprint density at radius 1 is 1.20 bits per heavy atom. The van der Waals surface area contributed by atoms with Crippen LogP contribution >= 0.6 is 23.2 Å². The van der Waals surface area contributed by atoms with Gasteiger partial charge in [0.15, 0.2) is 5.82 Å². The van der Waals surface area contributed by atoms with Gasteiger partial charge in [-0.3, -0.25) is 0 Å². The van der Waals surface area contributed by atoms with Crippen molar-refractivity contribution >= 4 is 44.7 Å². The van der Waals surface area contributed by atoms with Gasteiger partial charge >= 0.3 is 6.18 Å². The fourth-order valence-electron chi connectivity index (χ4n) is 1.77. The summed E-state index contributed by atoms with van der Waals surface area (Å²) in [6.45, 7) is 0. The molecule has 0 saturated heterocycles. The molecule has 0 atom stereocenters. The maximum Gasteiger partial charge on any atom is 0.416 e. The third-order valence-electron chi connectivity index (χ3n) is 3.04. The molecule has 1 aromatic carbocycles. The van der Waals surface area contributed by atoms with Gasteiger partial charge in [-0.2, -0.15) is 18.2 Å². The van der Waals surface area contributed by atoms with Crippen LogP contribution in [-0.4, -0.2) is 36.8 Å². The van der Waals surface area contributed by atoms with E-state index in [1.54, 1.807) is 0 Å². The van der Waals surface area contributed by atoms with Crippen molar-refractivity contribution in [3.8, 4) is 0 Å². The van der Waals surface area contributed by atoms with Crippen molar-refractivity contribution in [3.05, 3.63) is 40.3 Å². The summed E-state index contributed by atoms with van der Waals surface area (Å²) < 4.78 is 64.4. The first-order chi connectivity index (χ1) is 11.4. The number of hydrogen-bond donors (Lipinski definition) is 1. The monoisotopic (exact) mass is 414 g/mol. The highest BCUT2D eigenvalue weighted by Gasteiger charge is 2.33. The highest BCUT2D eigenvalue weighted by Crippen LogP contribution is 2.36. The summed E-state index contributed by atoms with van der Waals surface area (Å²) >= 11 is 11.5. The summed E-state index contributed by atoms with van der Waals surface area (Å²) in [5, 5.41) is 2.42. The average molecular weight is 415 g/mol. The molecule has 1 aromatic heterocycles. The van der Waals surface area contributed by atoms with Gasteiger partial charge in [0.05, 0.1) is 17.4 Å². The maximum absolute atomic E-state index is 12.9. The van der Waals surface area contributed by atoms with E-state index in [2.05, 4.69) is 15.3 Å². The van der Waals surface area contributed by atoms with Gasteiger partial charge < -0.3 is 5.32 Å². The molecule has 1 heterocycles. The molecular formula is C13H11Cl2F3N4O2S. The Morgan fingerprint density at radius 2 is 1.84 bits per heavy atom. The Balaban J connectivity index is 2.63. The lowest BCUT2D eigenvalue weighted by Gasteiger charge is -2.18. The molecule has 0 fully saturated rings. The third-order valence-corrected chi connectivity index (χ3v) is 5.35. The quantitative estimate of drug-likeness (QED) is 0.770. The van der Waals surface area contributed by atoms with Gasteiger partial charge in [0.2, 0.25) is 15.3 Å². The highest BCUT2D eigenvalue weighted by molar-refractivity contribution is 7.89. The Hall–Kier alpha value is -1.62. The van der Waals surface area contributed by atoms with Crippen molar-refractivity contribution in [2.24, 2.45) is 0 Å². The zero-order valence-electron chi connectivity index (χ0n) is 12.8. The molecule has 0 unspecified atom stereocenters. The SMILES string of the molecule is CN(C)S(=O)(=O)c1cc(C(F)(F)F)ccc1Nc1nc(Cl)ncc1Cl. The minimum Gasteiger partial charge on any atom is -0.338 e. The predicted octanol–water partition coefficient (Wildman–Crippen LogP) is 3.80. The number of nitrogens with zero attached hydrogens (tertiary/aromatic N) is 3. The van der Waals surface area contributed by atoms with E-state index in [0.29, 0.717) is 6.07 Å². The van der Waals surface area contributed by atoms with Crippen LogP contribution in [0.3, 0.4) is 0 Å². The molecule has 25 heavy (non-hydrogen) atoms. The molecule has 2 aromatic rings. The largest absolute Gasteiger partial charge is 0.416 e. The number of aromatic nitrogens is 2. The zero-order valence-corrected chi connectivity index (χ0v) is 15.1. The molecule has 2 rings (SSSR count). The Bertz CT molecular complexity index is 905. The van der Waals surface area contributed by atoms with Gasteiger partial charge in [0.1, 0.15) is 9.92 Å². The normalized spacial score (nSPS) is 12.5. The molecule has 0 spiro atoms. The standard InChI is InChI=1S/C13H11Cl2F3N4O2S/c1-22(2)25(23,24)10-5-7(13(16,17)18)3-4-9(10)20-11-8(14)6-19-12(15)21-11/h3-6H,1-2H3,(H,19,20,21). The van der Waals surface area contributed by atoms with Crippen LogP contribution in [-0.2, 0) is 16.2 Å². The number of benzene rings is 1. The molecule has 1 N–H and O–H groups in total. The number of anilines is 2. The second-order valence-corrected chi connectivity index (χ2v) is 7.82. The lowest BCUT2D eigenvalue weighted by molar-refractivity contribution is -0.137. The average Bonchev–Trinajstić information content (AvgIpc) is 2.50. The number of rotatable bonds is 4. The van der Waals surface area contributed by atoms with Crippen LogP contribution < -0.4 is 5.32 Å². The van der Waals surface area contributed by atoms with Crippen molar-refractivity contribution in [3.63, 3.8) is 0 Å². The molecule has 0 aliphatic carbocycles. The van der Waals surface area contributed by atoms with E-state index >= 15 is 0 Å². The highest BCUT2D eigenvalue weighted by atomic mass is 35.5. The molecule has 0 bridgehead atoms. The molecule has 0 amide bonds. The Kier molecular flexibility index (Phi) is 5.47. The second kappa shape index (κ2) is 6.94. The molecule has 0 saturated carbocycles. The molecule has 12 heteroatoms.